The normalized spacial score (nSPS) is 10.6. The summed E-state index contributed by atoms with van der Waals surface area (Å²) < 4.78 is 10.2. The Balaban J connectivity index is 2.34. The van der Waals surface area contributed by atoms with Crippen LogP contribution in [0.15, 0.2) is 41.5 Å². The standard InChI is InChI=1S/C16H15ClN2O4/c1-22-13-8-7-10(14(16(20)21)15(13)23-2)9-18-19-12-6-4-3-5-11(12)17/h3-9,19H,1-2H3,(H,20,21)/p-1/b18-9-. The molecule has 7 heteroatoms. The number of carboxylic acid groups (broad SMARTS) is 1. The van der Waals surface area contributed by atoms with Gasteiger partial charge in [0.15, 0.2) is 11.5 Å². The molecule has 0 aliphatic heterocycles. The van der Waals surface area contributed by atoms with E-state index >= 15 is 0 Å². The highest BCUT2D eigenvalue weighted by Crippen LogP contribution is 2.32. The number of halogens is 1. The fourth-order valence-electron chi connectivity index (χ4n) is 1.98. The molecule has 0 aliphatic rings. The number of carbonyl (C=O) groups excluding carboxylic acids is 1. The Bertz CT molecular complexity index is 747. The van der Waals surface area contributed by atoms with Crippen LogP contribution in [0.4, 0.5) is 5.69 Å². The Morgan fingerprint density at radius 1 is 1.22 bits per heavy atom. The van der Waals surface area contributed by atoms with Crippen molar-refractivity contribution in [1.29, 1.82) is 0 Å². The molecule has 0 saturated heterocycles. The van der Waals surface area contributed by atoms with Gasteiger partial charge in [-0.3, -0.25) is 5.43 Å². The SMILES string of the molecule is COc1ccc(/C=N\Nc2ccccc2Cl)c(C(=O)[O-])c1OC. The van der Waals surface area contributed by atoms with E-state index in [1.165, 1.54) is 20.4 Å². The van der Waals surface area contributed by atoms with E-state index in [0.29, 0.717) is 22.0 Å². The van der Waals surface area contributed by atoms with Crippen molar-refractivity contribution < 1.29 is 19.4 Å². The number of hydrogen-bond donors (Lipinski definition) is 1. The molecule has 0 saturated carbocycles. The van der Waals surface area contributed by atoms with Crippen molar-refractivity contribution in [2.75, 3.05) is 19.6 Å². The molecule has 2 rings (SSSR count). The summed E-state index contributed by atoms with van der Waals surface area (Å²) in [5, 5.41) is 15.9. The van der Waals surface area contributed by atoms with Gasteiger partial charge >= 0.3 is 0 Å². The van der Waals surface area contributed by atoms with Crippen LogP contribution in [0.25, 0.3) is 0 Å². The summed E-state index contributed by atoms with van der Waals surface area (Å²) in [4.78, 5) is 11.4. The van der Waals surface area contributed by atoms with Crippen molar-refractivity contribution in [3.63, 3.8) is 0 Å². The summed E-state index contributed by atoms with van der Waals surface area (Å²) >= 11 is 6.00. The van der Waals surface area contributed by atoms with Crippen LogP contribution in [0.2, 0.25) is 5.02 Å². The third kappa shape index (κ3) is 3.73. The monoisotopic (exact) mass is 333 g/mol. The molecule has 0 unspecified atom stereocenters. The number of hydrogen-bond acceptors (Lipinski definition) is 6. The smallest absolute Gasteiger partial charge is 0.170 e. The molecular formula is C16H14ClN2O4-. The van der Waals surface area contributed by atoms with E-state index in [0.717, 1.165) is 0 Å². The fourth-order valence-corrected chi connectivity index (χ4v) is 2.16. The minimum Gasteiger partial charge on any atom is -0.545 e. The molecule has 2 aromatic rings. The zero-order valence-corrected chi connectivity index (χ0v) is 13.3. The summed E-state index contributed by atoms with van der Waals surface area (Å²) in [5.74, 6) is -1.02. The maximum Gasteiger partial charge on any atom is 0.170 e. The highest BCUT2D eigenvalue weighted by atomic mass is 35.5. The zero-order valence-electron chi connectivity index (χ0n) is 12.5. The van der Waals surface area contributed by atoms with Gasteiger partial charge in [-0.1, -0.05) is 23.7 Å². The third-order valence-electron chi connectivity index (χ3n) is 3.04. The fraction of sp³-hybridized carbons (Fsp3) is 0.125. The number of carbonyl (C=O) groups is 1. The van der Waals surface area contributed by atoms with Gasteiger partial charge in [0.2, 0.25) is 0 Å². The topological polar surface area (TPSA) is 83.0 Å². The van der Waals surface area contributed by atoms with E-state index in [2.05, 4.69) is 10.5 Å². The number of nitrogens with one attached hydrogen (secondary N) is 1. The number of anilines is 1. The van der Waals surface area contributed by atoms with Crippen molar-refractivity contribution in [3.8, 4) is 11.5 Å². The van der Waals surface area contributed by atoms with E-state index in [1.54, 1.807) is 36.4 Å². The van der Waals surface area contributed by atoms with Crippen molar-refractivity contribution in [1.82, 2.24) is 0 Å². The summed E-state index contributed by atoms with van der Waals surface area (Å²) in [6.45, 7) is 0. The van der Waals surface area contributed by atoms with Crippen LogP contribution >= 0.6 is 11.6 Å². The van der Waals surface area contributed by atoms with Crippen molar-refractivity contribution in [2.45, 2.75) is 0 Å². The average Bonchev–Trinajstić information content (AvgIpc) is 2.55. The Hall–Kier alpha value is -2.73. The summed E-state index contributed by atoms with van der Waals surface area (Å²) in [5.41, 5.74) is 3.51. The summed E-state index contributed by atoms with van der Waals surface area (Å²) in [6, 6.07) is 10.2. The van der Waals surface area contributed by atoms with E-state index < -0.39 is 5.97 Å². The molecule has 1 N–H and O–H groups in total. The zero-order chi connectivity index (χ0) is 16.8. The maximum atomic E-state index is 11.4. The molecule has 23 heavy (non-hydrogen) atoms. The molecule has 0 fully saturated rings. The molecule has 120 valence electrons. The number of aromatic carboxylic acids is 1. The van der Waals surface area contributed by atoms with E-state index in [-0.39, 0.29) is 11.3 Å². The molecule has 0 radical (unpaired) electrons. The minimum atomic E-state index is -1.39. The summed E-state index contributed by atoms with van der Waals surface area (Å²) in [7, 11) is 2.77. The minimum absolute atomic E-state index is 0.0780. The molecule has 0 spiro atoms. The van der Waals surface area contributed by atoms with Gasteiger partial charge in [0, 0.05) is 5.56 Å². The summed E-state index contributed by atoms with van der Waals surface area (Å²) in [6.07, 6.45) is 1.34. The van der Waals surface area contributed by atoms with Gasteiger partial charge in [-0.25, -0.2) is 0 Å². The van der Waals surface area contributed by atoms with Gasteiger partial charge in [-0.05, 0) is 24.3 Å². The molecule has 0 heterocycles. The quantitative estimate of drug-likeness (QED) is 0.647. The van der Waals surface area contributed by atoms with Gasteiger partial charge in [-0.15, -0.1) is 0 Å². The number of methoxy groups -OCH3 is 2. The molecule has 0 amide bonds. The lowest BCUT2D eigenvalue weighted by Gasteiger charge is -2.15. The van der Waals surface area contributed by atoms with Crippen LogP contribution in [0.5, 0.6) is 11.5 Å². The van der Waals surface area contributed by atoms with Crippen molar-refractivity contribution in [2.24, 2.45) is 5.10 Å². The molecule has 0 aliphatic carbocycles. The highest BCUT2D eigenvalue weighted by Gasteiger charge is 2.14. The number of hydrazone groups is 1. The number of para-hydroxylation sites is 1. The Morgan fingerprint density at radius 3 is 2.57 bits per heavy atom. The Labute approximate surface area is 138 Å². The number of carboxylic acids is 1. The Kier molecular flexibility index (Phi) is 5.43. The lowest BCUT2D eigenvalue weighted by atomic mass is 10.1. The second kappa shape index (κ2) is 7.51. The number of rotatable bonds is 6. The molecule has 6 nitrogen and oxygen atoms in total. The molecule has 0 atom stereocenters. The van der Waals surface area contributed by atoms with Gasteiger partial charge in [-0.2, -0.15) is 5.10 Å². The van der Waals surface area contributed by atoms with Crippen LogP contribution in [-0.2, 0) is 0 Å². The predicted octanol–water partition coefficient (Wildman–Crippen LogP) is 2.17. The first-order valence-corrected chi connectivity index (χ1v) is 6.96. The van der Waals surface area contributed by atoms with Crippen LogP contribution in [0.1, 0.15) is 15.9 Å². The second-order valence-electron chi connectivity index (χ2n) is 4.40. The lowest BCUT2D eigenvalue weighted by molar-refractivity contribution is -0.255. The van der Waals surface area contributed by atoms with Gasteiger partial charge in [0.25, 0.3) is 0 Å². The predicted molar refractivity (Wildman–Crippen MR) is 86.5 cm³/mol. The van der Waals surface area contributed by atoms with Crippen LogP contribution < -0.4 is 20.0 Å². The third-order valence-corrected chi connectivity index (χ3v) is 3.37. The molecule has 0 bridgehead atoms. The first-order valence-electron chi connectivity index (χ1n) is 6.58. The van der Waals surface area contributed by atoms with Crippen LogP contribution in [0, 0.1) is 0 Å². The van der Waals surface area contributed by atoms with E-state index in [4.69, 9.17) is 21.1 Å². The molecular weight excluding hydrogens is 320 g/mol. The first-order chi connectivity index (χ1) is 11.1. The number of nitrogens with zero attached hydrogens (tertiary/aromatic N) is 1. The largest absolute Gasteiger partial charge is 0.545 e. The van der Waals surface area contributed by atoms with Gasteiger partial charge in [0.05, 0.1) is 42.7 Å². The van der Waals surface area contributed by atoms with E-state index in [9.17, 15) is 9.90 Å². The lowest BCUT2D eigenvalue weighted by Crippen LogP contribution is -2.25. The van der Waals surface area contributed by atoms with Gasteiger partial charge < -0.3 is 19.4 Å². The average molecular weight is 334 g/mol. The first kappa shape index (κ1) is 16.6. The van der Waals surface area contributed by atoms with Crippen LogP contribution in [-0.4, -0.2) is 26.4 Å². The van der Waals surface area contributed by atoms with E-state index in [1.807, 2.05) is 0 Å². The van der Waals surface area contributed by atoms with Crippen molar-refractivity contribution in [3.05, 3.63) is 52.5 Å². The van der Waals surface area contributed by atoms with Crippen LogP contribution in [0.3, 0.4) is 0 Å². The van der Waals surface area contributed by atoms with Crippen molar-refractivity contribution >= 4 is 29.5 Å². The Morgan fingerprint density at radius 2 is 1.96 bits per heavy atom. The molecule has 0 aromatic heterocycles. The number of benzene rings is 2. The maximum absolute atomic E-state index is 11.4. The second-order valence-corrected chi connectivity index (χ2v) is 4.81. The molecule has 2 aromatic carbocycles. The van der Waals surface area contributed by atoms with Gasteiger partial charge in [0.1, 0.15) is 0 Å². The highest BCUT2D eigenvalue weighted by molar-refractivity contribution is 6.33. The number of ether oxygens (including phenoxy) is 2.